The van der Waals surface area contributed by atoms with E-state index in [1.807, 2.05) is 0 Å². The molecule has 64 valence electrons. The van der Waals surface area contributed by atoms with E-state index in [1.54, 1.807) is 0 Å². The van der Waals surface area contributed by atoms with E-state index in [1.165, 1.54) is 6.07 Å². The highest BCUT2D eigenvalue weighted by molar-refractivity contribution is 9.10. The van der Waals surface area contributed by atoms with Gasteiger partial charge in [-0.15, -0.1) is 0 Å². The zero-order valence-electron chi connectivity index (χ0n) is 5.64. The van der Waals surface area contributed by atoms with Crippen LogP contribution in [0, 0.1) is 5.82 Å². The normalized spacial score (nSPS) is 9.92. The molecule has 0 aliphatic rings. The molecule has 0 fully saturated rings. The smallest absolute Gasteiger partial charge is 0.259 e. The topological polar surface area (TPSA) is 37.3 Å². The Morgan fingerprint density at radius 3 is 2.58 bits per heavy atom. The van der Waals surface area contributed by atoms with Crippen LogP contribution in [0.25, 0.3) is 0 Å². The number of phenolic OH excluding ortho intramolecular Hbond substituents is 1. The number of hydrogen-bond acceptors (Lipinski definition) is 2. The van der Waals surface area contributed by atoms with Crippen LogP contribution in [-0.2, 0) is 0 Å². The van der Waals surface area contributed by atoms with Gasteiger partial charge in [-0.2, -0.15) is 0 Å². The van der Waals surface area contributed by atoms with Crippen LogP contribution >= 0.6 is 27.5 Å². The highest BCUT2D eigenvalue weighted by atomic mass is 79.9. The van der Waals surface area contributed by atoms with Gasteiger partial charge in [0.1, 0.15) is 17.1 Å². The number of carbonyl (C=O) groups is 1. The molecule has 1 aromatic rings. The number of hydrogen-bond donors (Lipinski definition) is 1. The van der Waals surface area contributed by atoms with Crippen molar-refractivity contribution in [2.75, 3.05) is 0 Å². The molecule has 0 heterocycles. The molecule has 5 heteroatoms. The minimum atomic E-state index is -1.02. The minimum Gasteiger partial charge on any atom is -0.507 e. The fourth-order valence-electron chi connectivity index (χ4n) is 0.755. The van der Waals surface area contributed by atoms with Gasteiger partial charge >= 0.3 is 0 Å². The molecule has 0 aliphatic carbocycles. The second-order valence-corrected chi connectivity index (χ2v) is 3.31. The number of benzene rings is 1. The first-order valence-electron chi connectivity index (χ1n) is 2.90. The molecule has 1 N–H and O–H groups in total. The number of phenols is 1. The summed E-state index contributed by atoms with van der Waals surface area (Å²) < 4.78 is 13.2. The van der Waals surface area contributed by atoms with Crippen molar-refractivity contribution in [3.63, 3.8) is 0 Å². The van der Waals surface area contributed by atoms with Gasteiger partial charge in [0.05, 0.1) is 0 Å². The van der Waals surface area contributed by atoms with Crippen LogP contribution in [0.4, 0.5) is 4.39 Å². The van der Waals surface area contributed by atoms with E-state index in [0.29, 0.717) is 4.47 Å². The molecule has 0 aromatic heterocycles. The summed E-state index contributed by atoms with van der Waals surface area (Å²) in [5.74, 6) is -1.32. The van der Waals surface area contributed by atoms with Crippen LogP contribution < -0.4 is 0 Å². The summed E-state index contributed by atoms with van der Waals surface area (Å²) in [4.78, 5) is 10.5. The largest absolute Gasteiger partial charge is 0.507 e. The number of halogens is 3. The summed E-state index contributed by atoms with van der Waals surface area (Å²) in [6.45, 7) is 0. The molecule has 1 rings (SSSR count). The highest BCUT2D eigenvalue weighted by Gasteiger charge is 2.15. The Balaban J connectivity index is 3.38. The predicted octanol–water partition coefficient (Wildman–Crippen LogP) is 2.67. The van der Waals surface area contributed by atoms with Crippen LogP contribution in [0.3, 0.4) is 0 Å². The molecular formula is C7H3BrClFO2. The van der Waals surface area contributed by atoms with Crippen LogP contribution in [0.1, 0.15) is 10.4 Å². The van der Waals surface area contributed by atoms with Gasteiger partial charge in [0.25, 0.3) is 5.24 Å². The molecule has 0 spiro atoms. The third-order valence-electron chi connectivity index (χ3n) is 1.23. The summed E-state index contributed by atoms with van der Waals surface area (Å²) in [6.07, 6.45) is 0. The first-order chi connectivity index (χ1) is 5.52. The molecule has 0 atom stereocenters. The fourth-order valence-corrected chi connectivity index (χ4v) is 1.36. The van der Waals surface area contributed by atoms with Gasteiger partial charge in [0, 0.05) is 4.47 Å². The molecule has 12 heavy (non-hydrogen) atoms. The van der Waals surface area contributed by atoms with Crippen LogP contribution in [0.2, 0.25) is 0 Å². The Morgan fingerprint density at radius 2 is 2.17 bits per heavy atom. The molecule has 2 nitrogen and oxygen atoms in total. The zero-order valence-corrected chi connectivity index (χ0v) is 7.99. The van der Waals surface area contributed by atoms with E-state index in [0.717, 1.165) is 6.07 Å². The molecule has 0 saturated heterocycles. The predicted molar refractivity (Wildman–Crippen MR) is 45.9 cm³/mol. The van der Waals surface area contributed by atoms with E-state index in [9.17, 15) is 9.18 Å². The van der Waals surface area contributed by atoms with Crippen molar-refractivity contribution in [2.24, 2.45) is 0 Å². The van der Waals surface area contributed by atoms with Crippen molar-refractivity contribution in [3.8, 4) is 5.75 Å². The van der Waals surface area contributed by atoms with E-state index in [-0.39, 0.29) is 0 Å². The maximum absolute atomic E-state index is 12.9. The molecule has 1 aromatic carbocycles. The Labute approximate surface area is 81.1 Å². The van der Waals surface area contributed by atoms with Gasteiger partial charge in [-0.25, -0.2) is 4.39 Å². The maximum Gasteiger partial charge on any atom is 0.259 e. The maximum atomic E-state index is 12.9. The fraction of sp³-hybridized carbons (Fsp3) is 0. The molecule has 0 amide bonds. The van der Waals surface area contributed by atoms with E-state index >= 15 is 0 Å². The number of rotatable bonds is 1. The van der Waals surface area contributed by atoms with Crippen molar-refractivity contribution in [3.05, 3.63) is 28.0 Å². The minimum absolute atomic E-state index is 0.346. The Bertz CT molecular complexity index is 317. The Morgan fingerprint density at radius 1 is 1.58 bits per heavy atom. The van der Waals surface area contributed by atoms with E-state index in [2.05, 4.69) is 15.9 Å². The molecule has 0 unspecified atom stereocenters. The molecule has 0 saturated carbocycles. The second kappa shape index (κ2) is 3.41. The Kier molecular flexibility index (Phi) is 2.69. The first kappa shape index (κ1) is 9.48. The van der Waals surface area contributed by atoms with Crippen LogP contribution in [0.15, 0.2) is 16.6 Å². The molecule has 0 radical (unpaired) electrons. The first-order valence-corrected chi connectivity index (χ1v) is 4.07. The van der Waals surface area contributed by atoms with Crippen LogP contribution in [-0.4, -0.2) is 10.3 Å². The van der Waals surface area contributed by atoms with Gasteiger partial charge in [-0.3, -0.25) is 4.79 Å². The third kappa shape index (κ3) is 1.76. The van der Waals surface area contributed by atoms with Crippen LogP contribution in [0.5, 0.6) is 5.75 Å². The van der Waals surface area contributed by atoms with Gasteiger partial charge in [-0.05, 0) is 23.7 Å². The molecular weight excluding hydrogens is 250 g/mol. The highest BCUT2D eigenvalue weighted by Crippen LogP contribution is 2.26. The van der Waals surface area contributed by atoms with Gasteiger partial charge < -0.3 is 5.11 Å². The summed E-state index contributed by atoms with van der Waals surface area (Å²) >= 11 is 7.95. The summed E-state index contributed by atoms with van der Waals surface area (Å²) in [5, 5.41) is 8.05. The van der Waals surface area contributed by atoms with E-state index < -0.39 is 22.4 Å². The number of carbonyl (C=O) groups excluding carboxylic acids is 1. The van der Waals surface area contributed by atoms with Crippen molar-refractivity contribution in [2.45, 2.75) is 0 Å². The monoisotopic (exact) mass is 252 g/mol. The van der Waals surface area contributed by atoms with Crippen molar-refractivity contribution >= 4 is 32.8 Å². The average Bonchev–Trinajstić information content (AvgIpc) is 1.82. The van der Waals surface area contributed by atoms with Crippen molar-refractivity contribution in [1.82, 2.24) is 0 Å². The molecule has 0 bridgehead atoms. The average molecular weight is 253 g/mol. The quantitative estimate of drug-likeness (QED) is 0.781. The lowest BCUT2D eigenvalue weighted by molar-refractivity contribution is 0.107. The zero-order chi connectivity index (χ0) is 9.30. The summed E-state index contributed by atoms with van der Waals surface area (Å²) in [7, 11) is 0. The summed E-state index contributed by atoms with van der Waals surface area (Å²) in [6, 6.07) is 2.24. The standard InChI is InChI=1S/C7H3BrClFO2/c8-3-1-4(10)6(7(9)12)5(11)2-3/h1-2,11H. The SMILES string of the molecule is O=C(Cl)c1c(O)cc(Br)cc1F. The lowest BCUT2D eigenvalue weighted by atomic mass is 10.2. The second-order valence-electron chi connectivity index (χ2n) is 2.06. The summed E-state index contributed by atoms with van der Waals surface area (Å²) in [5.41, 5.74) is -0.500. The third-order valence-corrected chi connectivity index (χ3v) is 1.88. The van der Waals surface area contributed by atoms with E-state index in [4.69, 9.17) is 16.7 Å². The lowest BCUT2D eigenvalue weighted by Crippen LogP contribution is -1.94. The van der Waals surface area contributed by atoms with Gasteiger partial charge in [0.15, 0.2) is 0 Å². The number of aromatic hydroxyl groups is 1. The van der Waals surface area contributed by atoms with Crippen molar-refractivity contribution in [1.29, 1.82) is 0 Å². The lowest BCUT2D eigenvalue weighted by Gasteiger charge is -2.00. The van der Waals surface area contributed by atoms with Crippen molar-refractivity contribution < 1.29 is 14.3 Å². The van der Waals surface area contributed by atoms with Gasteiger partial charge in [-0.1, -0.05) is 15.9 Å². The molecule has 0 aliphatic heterocycles. The Hall–Kier alpha value is -0.610. The van der Waals surface area contributed by atoms with Gasteiger partial charge in [0.2, 0.25) is 0 Å².